The average molecular weight is 207 g/mol. The van der Waals surface area contributed by atoms with Gasteiger partial charge in [-0.15, -0.1) is 0 Å². The van der Waals surface area contributed by atoms with Crippen LogP contribution in [-0.4, -0.2) is 33.9 Å². The molecule has 1 saturated carbocycles. The van der Waals surface area contributed by atoms with Gasteiger partial charge in [-0.3, -0.25) is 0 Å². The van der Waals surface area contributed by atoms with Gasteiger partial charge in [-0.2, -0.15) is 0 Å². The van der Waals surface area contributed by atoms with Gasteiger partial charge in [0.25, 0.3) is 0 Å². The van der Waals surface area contributed by atoms with Gasteiger partial charge in [0, 0.05) is 13.2 Å². The van der Waals surface area contributed by atoms with Gasteiger partial charge in [0.15, 0.2) is 0 Å². The molecule has 1 aliphatic carbocycles. The average Bonchev–Trinajstić information content (AvgIpc) is 2.01. The Morgan fingerprint density at radius 2 is 2.08 bits per heavy atom. The van der Waals surface area contributed by atoms with Crippen molar-refractivity contribution < 1.29 is 13.2 Å². The highest BCUT2D eigenvalue weighted by atomic mass is 32.2. The highest BCUT2D eigenvalue weighted by Gasteiger charge is 2.23. The Morgan fingerprint density at radius 1 is 1.38 bits per heavy atom. The summed E-state index contributed by atoms with van der Waals surface area (Å²) in [7, 11) is -1.39. The van der Waals surface area contributed by atoms with Gasteiger partial charge in [-0.1, -0.05) is 0 Å². The van der Waals surface area contributed by atoms with Crippen molar-refractivity contribution >= 4 is 10.0 Å². The van der Waals surface area contributed by atoms with E-state index in [0.717, 1.165) is 25.7 Å². The van der Waals surface area contributed by atoms with Gasteiger partial charge in [-0.05, 0) is 25.7 Å². The molecular weight excluding hydrogens is 190 g/mol. The molecule has 1 fully saturated rings. The van der Waals surface area contributed by atoms with Gasteiger partial charge in [0.05, 0.1) is 12.4 Å². The van der Waals surface area contributed by atoms with Crippen LogP contribution in [-0.2, 0) is 14.8 Å². The Labute approximate surface area is 79.7 Å². The molecule has 0 aromatic carbocycles. The third-order valence-electron chi connectivity index (χ3n) is 2.34. The molecule has 4 nitrogen and oxygen atoms in total. The van der Waals surface area contributed by atoms with Gasteiger partial charge >= 0.3 is 0 Å². The maximum Gasteiger partial charge on any atom is 0.208 e. The summed E-state index contributed by atoms with van der Waals surface area (Å²) in [6, 6.07) is 0.0636. The van der Waals surface area contributed by atoms with E-state index in [1.807, 2.05) is 0 Å². The predicted octanol–water partition coefficient (Wildman–Crippen LogP) is 0.493. The molecule has 0 aromatic rings. The fourth-order valence-electron chi connectivity index (χ4n) is 1.77. The van der Waals surface area contributed by atoms with E-state index in [0.29, 0.717) is 0 Å². The lowest BCUT2D eigenvalue weighted by molar-refractivity contribution is 0.0623. The molecule has 0 radical (unpaired) electrons. The minimum Gasteiger partial charge on any atom is -0.381 e. The standard InChI is InChI=1S/C8H17NO3S/c1-12-8-5-3-4-7(6-8)9-13(2,10)11/h7-9H,3-6H2,1-2H3/t7-,8-/m0/s1. The second-order valence-corrected chi connectivity index (χ2v) is 5.39. The highest BCUT2D eigenvalue weighted by Crippen LogP contribution is 2.20. The van der Waals surface area contributed by atoms with E-state index in [4.69, 9.17) is 4.74 Å². The number of methoxy groups -OCH3 is 1. The van der Waals surface area contributed by atoms with E-state index in [9.17, 15) is 8.42 Å². The molecule has 0 bridgehead atoms. The van der Waals surface area contributed by atoms with Crippen LogP contribution in [0.1, 0.15) is 25.7 Å². The van der Waals surface area contributed by atoms with Crippen LogP contribution in [0.3, 0.4) is 0 Å². The molecule has 0 spiro atoms. The molecule has 2 atom stereocenters. The molecule has 0 unspecified atom stereocenters. The van der Waals surface area contributed by atoms with E-state index in [-0.39, 0.29) is 12.1 Å². The summed E-state index contributed by atoms with van der Waals surface area (Å²) in [6.07, 6.45) is 5.21. The number of nitrogens with one attached hydrogen (secondary N) is 1. The van der Waals surface area contributed by atoms with E-state index in [2.05, 4.69) is 4.72 Å². The molecule has 0 heterocycles. The van der Waals surface area contributed by atoms with Crippen molar-refractivity contribution in [2.24, 2.45) is 0 Å². The second kappa shape index (κ2) is 4.39. The van der Waals surface area contributed by atoms with E-state index in [1.54, 1.807) is 7.11 Å². The van der Waals surface area contributed by atoms with Crippen molar-refractivity contribution in [3.05, 3.63) is 0 Å². The molecule has 1 N–H and O–H groups in total. The zero-order valence-corrected chi connectivity index (χ0v) is 8.93. The van der Waals surface area contributed by atoms with E-state index in [1.165, 1.54) is 6.26 Å². The third kappa shape index (κ3) is 4.06. The van der Waals surface area contributed by atoms with Crippen LogP contribution in [0, 0.1) is 0 Å². The Balaban J connectivity index is 2.43. The van der Waals surface area contributed by atoms with Crippen LogP contribution in [0.25, 0.3) is 0 Å². The van der Waals surface area contributed by atoms with Crippen LogP contribution in [0.2, 0.25) is 0 Å². The van der Waals surface area contributed by atoms with Crippen LogP contribution < -0.4 is 4.72 Å². The summed E-state index contributed by atoms with van der Waals surface area (Å²) >= 11 is 0. The maximum atomic E-state index is 10.9. The summed E-state index contributed by atoms with van der Waals surface area (Å²) in [5.41, 5.74) is 0. The van der Waals surface area contributed by atoms with Crippen molar-refractivity contribution in [2.45, 2.75) is 37.8 Å². The summed E-state index contributed by atoms with van der Waals surface area (Å²) in [4.78, 5) is 0. The summed E-state index contributed by atoms with van der Waals surface area (Å²) in [5.74, 6) is 0. The first-order chi connectivity index (χ1) is 6.01. The highest BCUT2D eigenvalue weighted by molar-refractivity contribution is 7.88. The largest absolute Gasteiger partial charge is 0.381 e. The third-order valence-corrected chi connectivity index (χ3v) is 3.10. The molecule has 13 heavy (non-hydrogen) atoms. The second-order valence-electron chi connectivity index (χ2n) is 3.61. The monoisotopic (exact) mass is 207 g/mol. The first-order valence-corrected chi connectivity index (χ1v) is 6.40. The molecule has 5 heteroatoms. The van der Waals surface area contributed by atoms with Crippen molar-refractivity contribution in [3.8, 4) is 0 Å². The van der Waals surface area contributed by atoms with Crippen LogP contribution in [0.5, 0.6) is 0 Å². The summed E-state index contributed by atoms with van der Waals surface area (Å²) < 4.78 is 29.7. The molecule has 0 aliphatic heterocycles. The Bertz CT molecular complexity index is 250. The first-order valence-electron chi connectivity index (χ1n) is 4.51. The predicted molar refractivity (Wildman–Crippen MR) is 51.0 cm³/mol. The topological polar surface area (TPSA) is 55.4 Å². The van der Waals surface area contributed by atoms with Crippen LogP contribution in [0.4, 0.5) is 0 Å². The normalized spacial score (nSPS) is 30.3. The van der Waals surface area contributed by atoms with Crippen molar-refractivity contribution in [1.82, 2.24) is 4.72 Å². The number of hydrogen-bond donors (Lipinski definition) is 1. The van der Waals surface area contributed by atoms with Crippen molar-refractivity contribution in [1.29, 1.82) is 0 Å². The number of ether oxygens (including phenoxy) is 1. The number of rotatable bonds is 3. The van der Waals surface area contributed by atoms with E-state index < -0.39 is 10.0 Å². The molecule has 0 amide bonds. The fraction of sp³-hybridized carbons (Fsp3) is 1.00. The Kier molecular flexibility index (Phi) is 3.70. The first kappa shape index (κ1) is 10.9. The number of sulfonamides is 1. The molecular formula is C8H17NO3S. The van der Waals surface area contributed by atoms with Gasteiger partial charge < -0.3 is 4.74 Å². The minimum absolute atomic E-state index is 0.0636. The SMILES string of the molecule is CO[C@H]1CCC[C@H](NS(C)(=O)=O)C1. The molecule has 0 saturated heterocycles. The quantitative estimate of drug-likeness (QED) is 0.733. The van der Waals surface area contributed by atoms with E-state index >= 15 is 0 Å². The van der Waals surface area contributed by atoms with Crippen LogP contribution in [0.15, 0.2) is 0 Å². The smallest absolute Gasteiger partial charge is 0.208 e. The lowest BCUT2D eigenvalue weighted by Gasteiger charge is -2.28. The lowest BCUT2D eigenvalue weighted by Crippen LogP contribution is -2.39. The number of hydrogen-bond acceptors (Lipinski definition) is 3. The van der Waals surface area contributed by atoms with Gasteiger partial charge in [-0.25, -0.2) is 13.1 Å². The van der Waals surface area contributed by atoms with Gasteiger partial charge in [0.2, 0.25) is 10.0 Å². The van der Waals surface area contributed by atoms with Crippen molar-refractivity contribution in [3.63, 3.8) is 0 Å². The minimum atomic E-state index is -3.06. The molecule has 1 rings (SSSR count). The fourth-order valence-corrected chi connectivity index (χ4v) is 2.59. The molecule has 0 aromatic heterocycles. The molecule has 78 valence electrons. The molecule has 1 aliphatic rings. The van der Waals surface area contributed by atoms with Crippen LogP contribution >= 0.6 is 0 Å². The zero-order chi connectivity index (χ0) is 9.90. The van der Waals surface area contributed by atoms with Crippen molar-refractivity contribution in [2.75, 3.05) is 13.4 Å². The summed E-state index contributed by atoms with van der Waals surface area (Å²) in [5, 5.41) is 0. The Hall–Kier alpha value is -0.130. The van der Waals surface area contributed by atoms with Gasteiger partial charge in [0.1, 0.15) is 0 Å². The summed E-state index contributed by atoms with van der Waals surface area (Å²) in [6.45, 7) is 0. The maximum absolute atomic E-state index is 10.9. The zero-order valence-electron chi connectivity index (χ0n) is 8.12. The lowest BCUT2D eigenvalue weighted by atomic mass is 9.94. The Morgan fingerprint density at radius 3 is 2.62 bits per heavy atom.